The molecule has 2 fully saturated rings. The molecule has 0 atom stereocenters. The third kappa shape index (κ3) is 4.93. The molecule has 174 valence electrons. The first-order valence-electron chi connectivity index (χ1n) is 12.0. The Morgan fingerprint density at radius 1 is 0.912 bits per heavy atom. The van der Waals surface area contributed by atoms with Gasteiger partial charge in [0, 0.05) is 57.7 Å². The molecule has 1 saturated heterocycles. The number of aromatic nitrogens is 4. The van der Waals surface area contributed by atoms with Gasteiger partial charge < -0.3 is 15.2 Å². The lowest BCUT2D eigenvalue weighted by atomic mass is 10.1. The van der Waals surface area contributed by atoms with Crippen molar-refractivity contribution in [2.75, 3.05) is 38.0 Å². The summed E-state index contributed by atoms with van der Waals surface area (Å²) in [5.74, 6) is 1.87. The van der Waals surface area contributed by atoms with Crippen molar-refractivity contribution in [3.8, 4) is 11.1 Å². The van der Waals surface area contributed by atoms with Crippen molar-refractivity contribution >= 4 is 22.8 Å². The van der Waals surface area contributed by atoms with Gasteiger partial charge in [0.05, 0.1) is 11.0 Å². The van der Waals surface area contributed by atoms with Crippen molar-refractivity contribution < 1.29 is 4.39 Å². The fourth-order valence-electron chi connectivity index (χ4n) is 4.65. The molecule has 34 heavy (non-hydrogen) atoms. The van der Waals surface area contributed by atoms with Crippen LogP contribution in [0.25, 0.3) is 22.2 Å². The second-order valence-electron chi connectivity index (χ2n) is 9.38. The average molecular weight is 458 g/mol. The zero-order valence-corrected chi connectivity index (χ0v) is 19.0. The van der Waals surface area contributed by atoms with Gasteiger partial charge in [-0.1, -0.05) is 6.07 Å². The summed E-state index contributed by atoms with van der Waals surface area (Å²) in [7, 11) is 0. The lowest BCUT2D eigenvalue weighted by Crippen LogP contribution is -2.46. The number of hydrogen-bond donors (Lipinski definition) is 2. The van der Waals surface area contributed by atoms with Gasteiger partial charge in [-0.25, -0.2) is 15.0 Å². The molecular weight excluding hydrogens is 429 g/mol. The van der Waals surface area contributed by atoms with Crippen molar-refractivity contribution in [2.24, 2.45) is 5.92 Å². The van der Waals surface area contributed by atoms with Crippen LogP contribution >= 0.6 is 0 Å². The Morgan fingerprint density at radius 2 is 1.71 bits per heavy atom. The summed E-state index contributed by atoms with van der Waals surface area (Å²) in [5.41, 5.74) is 4.63. The number of benzene rings is 1. The van der Waals surface area contributed by atoms with Gasteiger partial charge in [0.2, 0.25) is 11.9 Å². The number of hydrogen-bond acceptors (Lipinski definition) is 6. The SMILES string of the molecule is Fc1cc(-c2ccc3nc(Nc4cc(CN5CCN(CC6CC6)CC5)ccn4)[nH]c3c2)ccn1. The number of imidazole rings is 1. The Balaban J connectivity index is 1.11. The Hall–Kier alpha value is -3.36. The second kappa shape index (κ2) is 9.12. The smallest absolute Gasteiger partial charge is 0.213 e. The van der Waals surface area contributed by atoms with E-state index in [1.165, 1.54) is 50.3 Å². The number of anilines is 2. The number of halogens is 1. The molecule has 0 spiro atoms. The molecule has 1 saturated carbocycles. The van der Waals surface area contributed by atoms with Crippen molar-refractivity contribution in [1.29, 1.82) is 0 Å². The van der Waals surface area contributed by atoms with E-state index in [0.717, 1.165) is 53.5 Å². The van der Waals surface area contributed by atoms with Crippen molar-refractivity contribution in [2.45, 2.75) is 19.4 Å². The van der Waals surface area contributed by atoms with Crippen molar-refractivity contribution in [3.63, 3.8) is 0 Å². The van der Waals surface area contributed by atoms with Crippen LogP contribution in [0.15, 0.2) is 54.9 Å². The van der Waals surface area contributed by atoms with Crippen LogP contribution in [0.4, 0.5) is 16.2 Å². The van der Waals surface area contributed by atoms with E-state index in [1.807, 2.05) is 24.4 Å². The molecule has 0 amide bonds. The zero-order valence-electron chi connectivity index (χ0n) is 19.0. The van der Waals surface area contributed by atoms with E-state index in [9.17, 15) is 4.39 Å². The number of nitrogens with zero attached hydrogens (tertiary/aromatic N) is 5. The molecule has 1 aliphatic carbocycles. The predicted molar refractivity (Wildman–Crippen MR) is 131 cm³/mol. The van der Waals surface area contributed by atoms with Gasteiger partial charge in [-0.15, -0.1) is 0 Å². The standard InChI is InChI=1S/C26H28FN7/c27-24-15-21(6-8-28-24)20-3-4-22-23(14-20)31-26(30-22)32-25-13-19(5-7-29-25)17-34-11-9-33(10-12-34)16-18-1-2-18/h3-8,13-15,18H,1-2,9-12,16-17H2,(H2,29,30,31,32). The van der Waals surface area contributed by atoms with Crippen LogP contribution < -0.4 is 5.32 Å². The van der Waals surface area contributed by atoms with Crippen molar-refractivity contribution in [1.82, 2.24) is 29.7 Å². The minimum absolute atomic E-state index is 0.490. The van der Waals surface area contributed by atoms with E-state index in [2.05, 4.69) is 47.2 Å². The predicted octanol–water partition coefficient (Wildman–Crippen LogP) is 4.43. The van der Waals surface area contributed by atoms with Gasteiger partial charge in [-0.2, -0.15) is 4.39 Å². The summed E-state index contributed by atoms with van der Waals surface area (Å²) >= 11 is 0. The highest BCUT2D eigenvalue weighted by atomic mass is 19.1. The lowest BCUT2D eigenvalue weighted by molar-refractivity contribution is 0.123. The highest BCUT2D eigenvalue weighted by Crippen LogP contribution is 2.30. The molecule has 8 heteroatoms. The molecule has 2 aliphatic rings. The maximum atomic E-state index is 13.5. The largest absolute Gasteiger partial charge is 0.324 e. The van der Waals surface area contributed by atoms with Gasteiger partial charge >= 0.3 is 0 Å². The number of H-pyrrole nitrogens is 1. The van der Waals surface area contributed by atoms with E-state index in [-0.39, 0.29) is 0 Å². The molecule has 3 aromatic heterocycles. The molecule has 4 aromatic rings. The third-order valence-electron chi connectivity index (χ3n) is 6.70. The maximum Gasteiger partial charge on any atom is 0.213 e. The van der Waals surface area contributed by atoms with Crippen LogP contribution in [-0.4, -0.2) is 62.5 Å². The fraction of sp³-hybridized carbons (Fsp3) is 0.346. The van der Waals surface area contributed by atoms with Gasteiger partial charge in [-0.3, -0.25) is 4.90 Å². The number of pyridine rings is 2. The van der Waals surface area contributed by atoms with Crippen LogP contribution in [-0.2, 0) is 6.54 Å². The van der Waals surface area contributed by atoms with Crippen LogP contribution in [0.3, 0.4) is 0 Å². The number of nitrogens with one attached hydrogen (secondary N) is 2. The van der Waals surface area contributed by atoms with Gasteiger partial charge in [0.15, 0.2) is 0 Å². The Bertz CT molecular complexity index is 1290. The first-order valence-corrected chi connectivity index (χ1v) is 12.0. The molecule has 4 heterocycles. The summed E-state index contributed by atoms with van der Waals surface area (Å²) in [6, 6.07) is 13.2. The van der Waals surface area contributed by atoms with Gasteiger partial charge in [0.25, 0.3) is 0 Å². The molecule has 0 bridgehead atoms. The summed E-state index contributed by atoms with van der Waals surface area (Å²) in [4.78, 5) is 21.2. The zero-order chi connectivity index (χ0) is 22.9. The Labute approximate surface area is 198 Å². The minimum Gasteiger partial charge on any atom is -0.324 e. The summed E-state index contributed by atoms with van der Waals surface area (Å²) in [6.07, 6.45) is 6.16. The summed E-state index contributed by atoms with van der Waals surface area (Å²) < 4.78 is 13.5. The number of rotatable bonds is 7. The van der Waals surface area contributed by atoms with Crippen LogP contribution in [0.5, 0.6) is 0 Å². The monoisotopic (exact) mass is 457 g/mol. The first kappa shape index (κ1) is 21.2. The molecular formula is C26H28FN7. The number of piperazine rings is 1. The van der Waals surface area contributed by atoms with E-state index < -0.39 is 5.95 Å². The third-order valence-corrected chi connectivity index (χ3v) is 6.70. The first-order chi connectivity index (χ1) is 16.7. The average Bonchev–Trinajstić information content (AvgIpc) is 3.57. The molecule has 0 radical (unpaired) electrons. The lowest BCUT2D eigenvalue weighted by Gasteiger charge is -2.34. The molecule has 1 aromatic carbocycles. The molecule has 7 nitrogen and oxygen atoms in total. The Kier molecular flexibility index (Phi) is 5.68. The van der Waals surface area contributed by atoms with Gasteiger partial charge in [0.1, 0.15) is 5.82 Å². The second-order valence-corrected chi connectivity index (χ2v) is 9.38. The van der Waals surface area contributed by atoms with Crippen LogP contribution in [0, 0.1) is 11.9 Å². The quantitative estimate of drug-likeness (QED) is 0.400. The van der Waals surface area contributed by atoms with E-state index in [0.29, 0.717) is 5.95 Å². The maximum absolute atomic E-state index is 13.5. The van der Waals surface area contributed by atoms with Crippen molar-refractivity contribution in [3.05, 3.63) is 66.4 Å². The van der Waals surface area contributed by atoms with E-state index in [1.54, 1.807) is 6.07 Å². The minimum atomic E-state index is -0.490. The normalized spacial score (nSPS) is 17.3. The molecule has 0 unspecified atom stereocenters. The summed E-state index contributed by atoms with van der Waals surface area (Å²) in [6.45, 7) is 6.78. The van der Waals surface area contributed by atoms with Gasteiger partial charge in [-0.05, 0) is 65.8 Å². The highest BCUT2D eigenvalue weighted by molar-refractivity contribution is 5.83. The Morgan fingerprint density at radius 3 is 2.53 bits per heavy atom. The fourth-order valence-corrected chi connectivity index (χ4v) is 4.65. The summed E-state index contributed by atoms with van der Waals surface area (Å²) in [5, 5.41) is 3.30. The van der Waals surface area contributed by atoms with Crippen LogP contribution in [0.1, 0.15) is 18.4 Å². The topological polar surface area (TPSA) is 73.0 Å². The molecule has 2 N–H and O–H groups in total. The van der Waals surface area contributed by atoms with Crippen LogP contribution in [0.2, 0.25) is 0 Å². The van der Waals surface area contributed by atoms with E-state index >= 15 is 0 Å². The highest BCUT2D eigenvalue weighted by Gasteiger charge is 2.26. The molecule has 6 rings (SSSR count). The van der Waals surface area contributed by atoms with E-state index in [4.69, 9.17) is 0 Å². The molecule has 1 aliphatic heterocycles. The number of fused-ring (bicyclic) bond motifs is 1. The number of aromatic amines is 1.